The summed E-state index contributed by atoms with van der Waals surface area (Å²) in [5.41, 5.74) is 10.2. The highest BCUT2D eigenvalue weighted by Gasteiger charge is 2.40. The predicted molar refractivity (Wildman–Crippen MR) is 91.0 cm³/mol. The molecule has 4 rings (SSSR count). The second-order valence-corrected chi connectivity index (χ2v) is 7.12. The molecular formula is C19H19N2S+. The Bertz CT molecular complexity index is 738. The van der Waals surface area contributed by atoms with Crippen molar-refractivity contribution in [1.82, 2.24) is 0 Å². The first kappa shape index (κ1) is 13.5. The van der Waals surface area contributed by atoms with Gasteiger partial charge in [0.15, 0.2) is 0 Å². The number of aromatic nitrogens is 1. The molecule has 0 saturated carbocycles. The number of aromatic amines is 1. The number of hydrogen-bond donors (Lipinski definition) is 1. The van der Waals surface area contributed by atoms with Crippen molar-refractivity contribution >= 4 is 16.5 Å². The van der Waals surface area contributed by atoms with E-state index in [9.17, 15) is 0 Å². The zero-order chi connectivity index (χ0) is 15.0. The second-order valence-electron chi connectivity index (χ2n) is 5.98. The van der Waals surface area contributed by atoms with Gasteiger partial charge in [0.1, 0.15) is 5.69 Å². The SMILES string of the molecule is Nc1[nH+]c2c(s1)CC(c1ccccc1)(c1ccccc1)CC2. The van der Waals surface area contributed by atoms with E-state index in [0.29, 0.717) is 0 Å². The van der Waals surface area contributed by atoms with Crippen LogP contribution in [0.4, 0.5) is 5.13 Å². The molecule has 3 heteroatoms. The lowest BCUT2D eigenvalue weighted by atomic mass is 9.66. The highest BCUT2D eigenvalue weighted by molar-refractivity contribution is 7.15. The molecule has 2 nitrogen and oxygen atoms in total. The Labute approximate surface area is 134 Å². The summed E-state index contributed by atoms with van der Waals surface area (Å²) in [6.45, 7) is 0. The molecular weight excluding hydrogens is 288 g/mol. The van der Waals surface area contributed by atoms with Gasteiger partial charge in [-0.3, -0.25) is 5.73 Å². The molecule has 1 aliphatic rings. The summed E-state index contributed by atoms with van der Waals surface area (Å²) in [5.74, 6) is 0. The highest BCUT2D eigenvalue weighted by Crippen LogP contribution is 2.44. The van der Waals surface area contributed by atoms with Crippen LogP contribution in [0.3, 0.4) is 0 Å². The maximum Gasteiger partial charge on any atom is 0.329 e. The van der Waals surface area contributed by atoms with E-state index >= 15 is 0 Å². The van der Waals surface area contributed by atoms with Crippen molar-refractivity contribution in [1.29, 1.82) is 0 Å². The number of hydrogen-bond acceptors (Lipinski definition) is 2. The van der Waals surface area contributed by atoms with Gasteiger partial charge in [-0.05, 0) is 24.0 Å². The predicted octanol–water partition coefficient (Wildman–Crippen LogP) is 3.62. The summed E-state index contributed by atoms with van der Waals surface area (Å²) in [6.07, 6.45) is 3.18. The molecule has 110 valence electrons. The first-order valence-electron chi connectivity index (χ1n) is 7.68. The van der Waals surface area contributed by atoms with Crippen LogP contribution in [0.5, 0.6) is 0 Å². The van der Waals surface area contributed by atoms with E-state index in [1.165, 1.54) is 21.7 Å². The monoisotopic (exact) mass is 307 g/mol. The van der Waals surface area contributed by atoms with E-state index < -0.39 is 0 Å². The number of aryl methyl sites for hydroxylation is 1. The Morgan fingerprint density at radius 3 is 2.09 bits per heavy atom. The van der Waals surface area contributed by atoms with Crippen molar-refractivity contribution in [3.05, 3.63) is 82.4 Å². The number of rotatable bonds is 2. The van der Waals surface area contributed by atoms with Crippen molar-refractivity contribution in [2.45, 2.75) is 24.7 Å². The number of nitrogens with two attached hydrogens (primary N) is 1. The van der Waals surface area contributed by atoms with Crippen LogP contribution in [0.25, 0.3) is 0 Å². The molecule has 0 unspecified atom stereocenters. The van der Waals surface area contributed by atoms with Crippen LogP contribution in [0.15, 0.2) is 60.7 Å². The van der Waals surface area contributed by atoms with Crippen molar-refractivity contribution in [3.8, 4) is 0 Å². The fourth-order valence-electron chi connectivity index (χ4n) is 3.66. The molecule has 0 radical (unpaired) electrons. The van der Waals surface area contributed by atoms with Gasteiger partial charge in [0.25, 0.3) is 0 Å². The Morgan fingerprint density at radius 1 is 0.909 bits per heavy atom. The summed E-state index contributed by atoms with van der Waals surface area (Å²) < 4.78 is 0. The van der Waals surface area contributed by atoms with E-state index in [1.807, 2.05) is 0 Å². The van der Waals surface area contributed by atoms with Gasteiger partial charge in [0.2, 0.25) is 0 Å². The zero-order valence-corrected chi connectivity index (χ0v) is 13.2. The van der Waals surface area contributed by atoms with Gasteiger partial charge in [-0.25, -0.2) is 4.98 Å². The Hall–Kier alpha value is -2.13. The van der Waals surface area contributed by atoms with Gasteiger partial charge in [0.05, 0.1) is 4.88 Å². The van der Waals surface area contributed by atoms with E-state index in [1.54, 1.807) is 11.3 Å². The molecule has 2 aromatic carbocycles. The fraction of sp³-hybridized carbons (Fsp3) is 0.211. The Balaban J connectivity index is 1.88. The lowest BCUT2D eigenvalue weighted by Gasteiger charge is -2.37. The quantitative estimate of drug-likeness (QED) is 0.772. The Morgan fingerprint density at radius 2 is 1.50 bits per heavy atom. The van der Waals surface area contributed by atoms with Crippen LogP contribution in [0.2, 0.25) is 0 Å². The van der Waals surface area contributed by atoms with E-state index in [0.717, 1.165) is 24.4 Å². The van der Waals surface area contributed by atoms with Gasteiger partial charge >= 0.3 is 5.13 Å². The zero-order valence-electron chi connectivity index (χ0n) is 12.4. The number of thiazole rings is 1. The number of fused-ring (bicyclic) bond motifs is 1. The molecule has 0 bridgehead atoms. The van der Waals surface area contributed by atoms with Gasteiger partial charge in [-0.2, -0.15) is 0 Å². The molecule has 3 N–H and O–H groups in total. The van der Waals surface area contributed by atoms with E-state index in [2.05, 4.69) is 65.6 Å². The molecule has 0 aliphatic heterocycles. The molecule has 0 amide bonds. The normalized spacial score (nSPS) is 16.2. The number of anilines is 1. The van der Waals surface area contributed by atoms with Crippen LogP contribution in [0.1, 0.15) is 28.1 Å². The van der Waals surface area contributed by atoms with Crippen molar-refractivity contribution in [3.63, 3.8) is 0 Å². The molecule has 0 fully saturated rings. The third-order valence-corrected chi connectivity index (χ3v) is 5.72. The molecule has 0 saturated heterocycles. The fourth-order valence-corrected chi connectivity index (χ4v) is 4.69. The minimum absolute atomic E-state index is 0.0562. The first-order valence-corrected chi connectivity index (χ1v) is 8.50. The van der Waals surface area contributed by atoms with E-state index in [4.69, 9.17) is 5.73 Å². The van der Waals surface area contributed by atoms with Gasteiger partial charge in [0, 0.05) is 11.8 Å². The third-order valence-electron chi connectivity index (χ3n) is 4.76. The standard InChI is InChI=1S/C19H18N2S/c20-18-21-16-11-12-19(13-17(16)22-18,14-7-3-1-4-8-14)15-9-5-2-6-10-15/h1-10H,11-13H2,(H2,20,21)/p+1. The lowest BCUT2D eigenvalue weighted by molar-refractivity contribution is -0.368. The summed E-state index contributed by atoms with van der Waals surface area (Å²) in [5, 5.41) is 0.821. The largest absolute Gasteiger partial charge is 0.329 e. The first-order chi connectivity index (χ1) is 10.8. The van der Waals surface area contributed by atoms with Crippen LogP contribution in [0, 0.1) is 0 Å². The molecule has 0 atom stereocenters. The smallest absolute Gasteiger partial charge is 0.278 e. The Kier molecular flexibility index (Phi) is 3.23. The average molecular weight is 307 g/mol. The van der Waals surface area contributed by atoms with Gasteiger partial charge in [-0.1, -0.05) is 72.0 Å². The molecule has 0 spiro atoms. The molecule has 22 heavy (non-hydrogen) atoms. The number of nitrogens with one attached hydrogen (secondary N) is 1. The minimum atomic E-state index is 0.0562. The number of H-pyrrole nitrogens is 1. The lowest BCUT2D eigenvalue weighted by Crippen LogP contribution is -2.35. The third kappa shape index (κ3) is 2.13. The summed E-state index contributed by atoms with van der Waals surface area (Å²) in [4.78, 5) is 4.73. The summed E-state index contributed by atoms with van der Waals surface area (Å²) in [7, 11) is 0. The number of benzene rings is 2. The highest BCUT2D eigenvalue weighted by atomic mass is 32.1. The average Bonchev–Trinajstić information content (AvgIpc) is 2.95. The number of nitrogen functional groups attached to an aromatic ring is 1. The van der Waals surface area contributed by atoms with Crippen LogP contribution in [-0.2, 0) is 18.3 Å². The van der Waals surface area contributed by atoms with Crippen LogP contribution in [-0.4, -0.2) is 0 Å². The molecule has 3 aromatic rings. The maximum absolute atomic E-state index is 5.99. The summed E-state index contributed by atoms with van der Waals surface area (Å²) >= 11 is 1.70. The van der Waals surface area contributed by atoms with Crippen molar-refractivity contribution in [2.24, 2.45) is 0 Å². The van der Waals surface area contributed by atoms with Gasteiger partial charge in [-0.15, -0.1) is 0 Å². The summed E-state index contributed by atoms with van der Waals surface area (Å²) in [6, 6.07) is 21.8. The molecule has 1 aromatic heterocycles. The minimum Gasteiger partial charge on any atom is -0.278 e. The van der Waals surface area contributed by atoms with Crippen molar-refractivity contribution in [2.75, 3.05) is 5.73 Å². The second kappa shape index (κ2) is 5.25. The maximum atomic E-state index is 5.99. The molecule has 1 heterocycles. The van der Waals surface area contributed by atoms with Gasteiger partial charge < -0.3 is 0 Å². The van der Waals surface area contributed by atoms with Crippen molar-refractivity contribution < 1.29 is 4.98 Å². The van der Waals surface area contributed by atoms with E-state index in [-0.39, 0.29) is 5.41 Å². The van der Waals surface area contributed by atoms with Crippen LogP contribution >= 0.6 is 11.3 Å². The molecule has 1 aliphatic carbocycles. The topological polar surface area (TPSA) is 40.2 Å². The van der Waals surface area contributed by atoms with Crippen LogP contribution < -0.4 is 10.7 Å².